The van der Waals surface area contributed by atoms with E-state index in [2.05, 4.69) is 31.8 Å². The molecule has 1 rings (SSSR count). The number of carbonyl (C=O) groups excluding carboxylic acids is 2. The number of halogens is 1. The predicted octanol–water partition coefficient (Wildman–Crippen LogP) is 0.670. The van der Waals surface area contributed by atoms with E-state index in [-0.39, 0.29) is 6.54 Å². The summed E-state index contributed by atoms with van der Waals surface area (Å²) in [6.45, 7) is 0.597. The Morgan fingerprint density at radius 2 is 2.10 bits per heavy atom. The highest BCUT2D eigenvalue weighted by atomic mass is 79.9. The fourth-order valence-corrected chi connectivity index (χ4v) is 1.88. The van der Waals surface area contributed by atoms with Gasteiger partial charge in [-0.15, -0.1) is 0 Å². The summed E-state index contributed by atoms with van der Waals surface area (Å²) < 4.78 is 10.6. The quantitative estimate of drug-likeness (QED) is 0.339. The van der Waals surface area contributed by atoms with Crippen LogP contribution in [0.4, 0.5) is 0 Å². The van der Waals surface area contributed by atoms with Crippen molar-refractivity contribution in [3.05, 3.63) is 28.2 Å². The Morgan fingerprint density at radius 3 is 2.71 bits per heavy atom. The molecule has 0 unspecified atom stereocenters. The van der Waals surface area contributed by atoms with Gasteiger partial charge in [0.2, 0.25) is 0 Å². The Morgan fingerprint density at radius 1 is 1.33 bits per heavy atom. The molecule has 1 aromatic rings. The Bertz CT molecular complexity index is 534. The molecule has 0 fully saturated rings. The first-order valence-electron chi connectivity index (χ1n) is 6.02. The number of ether oxygens (including phenoxy) is 2. The number of nitrogens with zero attached hydrogens (tertiary/aromatic N) is 1. The van der Waals surface area contributed by atoms with Gasteiger partial charge in [-0.05, 0) is 39.7 Å². The Balaban J connectivity index is 2.48. The zero-order chi connectivity index (χ0) is 15.7. The molecule has 0 aliphatic carbocycles. The Labute approximate surface area is 130 Å². The standard InChI is InChI=1S/C13H16BrN3O4/c1-20-6-5-15-12(18)13(19)17-16-8-9-3-4-11(21-2)10(14)7-9/h3-4,7-8H,5-6H2,1-2H3,(H,15,18)(H,17,19)/b16-8-. The van der Waals surface area contributed by atoms with Gasteiger partial charge in [0.05, 0.1) is 24.4 Å². The highest BCUT2D eigenvalue weighted by molar-refractivity contribution is 9.10. The average Bonchev–Trinajstić information content (AvgIpc) is 2.47. The maximum atomic E-state index is 11.4. The lowest BCUT2D eigenvalue weighted by atomic mass is 10.2. The molecule has 1 aromatic carbocycles. The second kappa shape index (κ2) is 9.09. The molecule has 0 saturated carbocycles. The number of rotatable bonds is 6. The van der Waals surface area contributed by atoms with Crippen molar-refractivity contribution in [2.75, 3.05) is 27.4 Å². The van der Waals surface area contributed by atoms with E-state index >= 15 is 0 Å². The van der Waals surface area contributed by atoms with E-state index in [0.29, 0.717) is 12.4 Å². The summed E-state index contributed by atoms with van der Waals surface area (Å²) in [5.74, 6) is -0.913. The van der Waals surface area contributed by atoms with Gasteiger partial charge in [-0.2, -0.15) is 5.10 Å². The molecule has 8 heteroatoms. The van der Waals surface area contributed by atoms with Gasteiger partial charge in [0.25, 0.3) is 0 Å². The summed E-state index contributed by atoms with van der Waals surface area (Å²) >= 11 is 3.34. The third-order valence-electron chi connectivity index (χ3n) is 2.35. The van der Waals surface area contributed by atoms with Crippen LogP contribution in [0.15, 0.2) is 27.8 Å². The van der Waals surface area contributed by atoms with E-state index < -0.39 is 11.8 Å². The van der Waals surface area contributed by atoms with Crippen molar-refractivity contribution in [1.29, 1.82) is 0 Å². The third kappa shape index (κ3) is 5.92. The molecule has 0 spiro atoms. The van der Waals surface area contributed by atoms with Gasteiger partial charge >= 0.3 is 11.8 Å². The van der Waals surface area contributed by atoms with Gasteiger partial charge in [-0.1, -0.05) is 0 Å². The van der Waals surface area contributed by atoms with E-state index in [4.69, 9.17) is 9.47 Å². The molecule has 0 aliphatic rings. The molecule has 0 radical (unpaired) electrons. The van der Waals surface area contributed by atoms with Crippen molar-refractivity contribution in [2.45, 2.75) is 0 Å². The summed E-state index contributed by atoms with van der Waals surface area (Å²) in [7, 11) is 3.07. The Hall–Kier alpha value is -1.93. The molecule has 2 amide bonds. The highest BCUT2D eigenvalue weighted by Crippen LogP contribution is 2.24. The molecular formula is C13H16BrN3O4. The molecule has 0 aliphatic heterocycles. The zero-order valence-corrected chi connectivity index (χ0v) is 13.3. The second-order valence-corrected chi connectivity index (χ2v) is 4.70. The number of hydrogen-bond acceptors (Lipinski definition) is 5. The minimum Gasteiger partial charge on any atom is -0.496 e. The summed E-state index contributed by atoms with van der Waals surface area (Å²) in [4.78, 5) is 22.7. The smallest absolute Gasteiger partial charge is 0.329 e. The maximum absolute atomic E-state index is 11.4. The van der Waals surface area contributed by atoms with Crippen molar-refractivity contribution in [2.24, 2.45) is 5.10 Å². The van der Waals surface area contributed by atoms with Crippen LogP contribution in [0.25, 0.3) is 0 Å². The highest BCUT2D eigenvalue weighted by Gasteiger charge is 2.11. The van der Waals surface area contributed by atoms with Crippen LogP contribution in [0, 0.1) is 0 Å². The Kier molecular flexibility index (Phi) is 7.41. The first-order valence-corrected chi connectivity index (χ1v) is 6.81. The van der Waals surface area contributed by atoms with Gasteiger partial charge < -0.3 is 14.8 Å². The number of amides is 2. The van der Waals surface area contributed by atoms with E-state index in [1.165, 1.54) is 13.3 Å². The molecule has 2 N–H and O–H groups in total. The fraction of sp³-hybridized carbons (Fsp3) is 0.308. The van der Waals surface area contributed by atoms with Crippen molar-refractivity contribution >= 4 is 34.0 Å². The van der Waals surface area contributed by atoms with E-state index in [1.54, 1.807) is 25.3 Å². The lowest BCUT2D eigenvalue weighted by molar-refractivity contribution is -0.139. The summed E-state index contributed by atoms with van der Waals surface area (Å²) in [5.41, 5.74) is 2.88. The maximum Gasteiger partial charge on any atom is 0.329 e. The minimum atomic E-state index is -0.838. The molecule has 7 nitrogen and oxygen atoms in total. The van der Waals surface area contributed by atoms with Crippen molar-refractivity contribution in [1.82, 2.24) is 10.7 Å². The van der Waals surface area contributed by atoms with Crippen LogP contribution >= 0.6 is 15.9 Å². The van der Waals surface area contributed by atoms with Crippen LogP contribution in [0.1, 0.15) is 5.56 Å². The fourth-order valence-electron chi connectivity index (χ4n) is 1.33. The molecule has 0 heterocycles. The number of hydrazone groups is 1. The molecule has 0 bridgehead atoms. The zero-order valence-electron chi connectivity index (χ0n) is 11.7. The van der Waals surface area contributed by atoms with Crippen molar-refractivity contribution in [3.63, 3.8) is 0 Å². The molecule has 0 saturated heterocycles. The third-order valence-corrected chi connectivity index (χ3v) is 2.97. The van der Waals surface area contributed by atoms with E-state index in [1.807, 2.05) is 0 Å². The molecule has 0 atom stereocenters. The minimum absolute atomic E-state index is 0.262. The summed E-state index contributed by atoms with van der Waals surface area (Å²) in [6.07, 6.45) is 1.42. The van der Waals surface area contributed by atoms with Crippen molar-refractivity contribution < 1.29 is 19.1 Å². The van der Waals surface area contributed by atoms with Crippen LogP contribution in [-0.2, 0) is 14.3 Å². The number of nitrogens with one attached hydrogen (secondary N) is 2. The monoisotopic (exact) mass is 357 g/mol. The topological polar surface area (TPSA) is 89.0 Å². The lowest BCUT2D eigenvalue weighted by Crippen LogP contribution is -2.39. The summed E-state index contributed by atoms with van der Waals surface area (Å²) in [6, 6.07) is 5.29. The first kappa shape index (κ1) is 17.1. The molecule has 0 aromatic heterocycles. The van der Waals surface area contributed by atoms with Crippen LogP contribution in [0.3, 0.4) is 0 Å². The average molecular weight is 358 g/mol. The predicted molar refractivity (Wildman–Crippen MR) is 81.3 cm³/mol. The SMILES string of the molecule is COCCNC(=O)C(=O)N/N=C\c1ccc(OC)c(Br)c1. The second-order valence-electron chi connectivity index (χ2n) is 3.84. The van der Waals surface area contributed by atoms with Crippen LogP contribution in [0.2, 0.25) is 0 Å². The van der Waals surface area contributed by atoms with Crippen molar-refractivity contribution in [3.8, 4) is 5.75 Å². The van der Waals surface area contributed by atoms with Crippen LogP contribution in [-0.4, -0.2) is 45.4 Å². The molecule has 21 heavy (non-hydrogen) atoms. The van der Waals surface area contributed by atoms with Gasteiger partial charge in [-0.3, -0.25) is 9.59 Å². The van der Waals surface area contributed by atoms with Gasteiger partial charge in [0, 0.05) is 13.7 Å². The number of methoxy groups -OCH3 is 2. The van der Waals surface area contributed by atoms with Gasteiger partial charge in [-0.25, -0.2) is 5.43 Å². The van der Waals surface area contributed by atoms with Gasteiger partial charge in [0.1, 0.15) is 5.75 Å². The lowest BCUT2D eigenvalue weighted by Gasteiger charge is -2.04. The normalized spacial score (nSPS) is 10.4. The number of carbonyl (C=O) groups is 2. The summed E-state index contributed by atoms with van der Waals surface area (Å²) in [5, 5.41) is 6.09. The van der Waals surface area contributed by atoms with E-state index in [0.717, 1.165) is 10.0 Å². The number of benzene rings is 1. The molecular weight excluding hydrogens is 342 g/mol. The number of hydrogen-bond donors (Lipinski definition) is 2. The van der Waals surface area contributed by atoms with Crippen LogP contribution in [0.5, 0.6) is 5.75 Å². The van der Waals surface area contributed by atoms with Crippen LogP contribution < -0.4 is 15.5 Å². The largest absolute Gasteiger partial charge is 0.496 e. The molecule has 114 valence electrons. The van der Waals surface area contributed by atoms with Gasteiger partial charge in [0.15, 0.2) is 0 Å². The van der Waals surface area contributed by atoms with E-state index in [9.17, 15) is 9.59 Å². The first-order chi connectivity index (χ1) is 10.1.